The molecule has 0 unspecified atom stereocenters. The highest BCUT2D eigenvalue weighted by Crippen LogP contribution is 2.32. The summed E-state index contributed by atoms with van der Waals surface area (Å²) in [5, 5.41) is 20.4. The number of nitriles is 1. The van der Waals surface area contributed by atoms with Gasteiger partial charge in [-0.05, 0) is 29.8 Å². The highest BCUT2D eigenvalue weighted by molar-refractivity contribution is 7.98. The number of nitrogens with zero attached hydrogens (tertiary/aromatic N) is 4. The minimum absolute atomic E-state index is 0.0834. The van der Waals surface area contributed by atoms with E-state index in [9.17, 15) is 14.4 Å². The molecule has 142 valence electrons. The number of nitrogens with one attached hydrogen (secondary N) is 1. The SMILES string of the molecule is CSc1c(C#N)c(-c2cccs2)nn1CC(=O)NN=Cc1c(F)cccc1Cl. The van der Waals surface area contributed by atoms with E-state index in [4.69, 9.17) is 11.6 Å². The molecular weight excluding hydrogens is 421 g/mol. The van der Waals surface area contributed by atoms with Gasteiger partial charge in [-0.1, -0.05) is 23.7 Å². The average Bonchev–Trinajstić information content (AvgIpc) is 3.31. The molecule has 28 heavy (non-hydrogen) atoms. The number of amides is 1. The average molecular weight is 434 g/mol. The van der Waals surface area contributed by atoms with Gasteiger partial charge in [-0.2, -0.15) is 15.5 Å². The number of aromatic nitrogens is 2. The zero-order valence-corrected chi connectivity index (χ0v) is 16.9. The number of carbonyl (C=O) groups excluding carboxylic acids is 1. The van der Waals surface area contributed by atoms with Crippen molar-refractivity contribution in [2.75, 3.05) is 6.26 Å². The summed E-state index contributed by atoms with van der Waals surface area (Å²) in [6.45, 7) is -0.140. The van der Waals surface area contributed by atoms with E-state index in [2.05, 4.69) is 21.7 Å². The molecule has 3 aromatic rings. The minimum atomic E-state index is -0.540. The number of halogens is 2. The third-order valence-electron chi connectivity index (χ3n) is 3.64. The smallest absolute Gasteiger partial charge is 0.261 e. The Balaban J connectivity index is 1.77. The molecule has 2 aromatic heterocycles. The van der Waals surface area contributed by atoms with Crippen LogP contribution in [-0.4, -0.2) is 28.2 Å². The Morgan fingerprint density at radius 1 is 1.50 bits per heavy atom. The molecule has 1 aromatic carbocycles. The van der Waals surface area contributed by atoms with Gasteiger partial charge in [0.2, 0.25) is 0 Å². The summed E-state index contributed by atoms with van der Waals surface area (Å²) >= 11 is 8.70. The number of thioether (sulfide) groups is 1. The largest absolute Gasteiger partial charge is 0.271 e. The van der Waals surface area contributed by atoms with Crippen molar-refractivity contribution in [3.05, 3.63) is 57.7 Å². The third kappa shape index (κ3) is 4.25. The molecule has 1 amide bonds. The maximum absolute atomic E-state index is 13.7. The first-order valence-electron chi connectivity index (χ1n) is 7.89. The van der Waals surface area contributed by atoms with Crippen molar-refractivity contribution in [2.24, 2.45) is 5.10 Å². The fraction of sp³-hybridized carbons (Fsp3) is 0.111. The molecule has 0 saturated carbocycles. The molecule has 10 heteroatoms. The van der Waals surface area contributed by atoms with Crippen LogP contribution in [0.1, 0.15) is 11.1 Å². The van der Waals surface area contributed by atoms with E-state index in [-0.39, 0.29) is 17.1 Å². The fourth-order valence-corrected chi connectivity index (χ4v) is 4.01. The van der Waals surface area contributed by atoms with Gasteiger partial charge in [-0.25, -0.2) is 14.5 Å². The van der Waals surface area contributed by atoms with Crippen LogP contribution in [0.3, 0.4) is 0 Å². The zero-order valence-electron chi connectivity index (χ0n) is 14.5. The van der Waals surface area contributed by atoms with Crippen molar-refractivity contribution in [3.8, 4) is 16.6 Å². The van der Waals surface area contributed by atoms with Crippen LogP contribution < -0.4 is 5.43 Å². The van der Waals surface area contributed by atoms with Crippen molar-refractivity contribution < 1.29 is 9.18 Å². The van der Waals surface area contributed by atoms with E-state index in [1.165, 1.54) is 46.0 Å². The van der Waals surface area contributed by atoms with Crippen LogP contribution >= 0.6 is 34.7 Å². The second-order valence-corrected chi connectivity index (χ2v) is 7.56. The molecule has 0 aliphatic rings. The summed E-state index contributed by atoms with van der Waals surface area (Å²) in [7, 11) is 0. The molecule has 1 N–H and O–H groups in total. The summed E-state index contributed by atoms with van der Waals surface area (Å²) in [6.07, 6.45) is 2.95. The van der Waals surface area contributed by atoms with Crippen LogP contribution in [0, 0.1) is 17.1 Å². The second kappa shape index (κ2) is 9.01. The van der Waals surface area contributed by atoms with Crippen molar-refractivity contribution in [1.29, 1.82) is 5.26 Å². The lowest BCUT2D eigenvalue weighted by Crippen LogP contribution is -2.24. The molecule has 0 bridgehead atoms. The Morgan fingerprint density at radius 3 is 2.96 bits per heavy atom. The highest BCUT2D eigenvalue weighted by atomic mass is 35.5. The Hall–Kier alpha value is -2.67. The number of rotatable bonds is 6. The standard InChI is InChI=1S/C18H13ClFN5OS2/c1-27-18-11(8-21)17(15-6-3-7-28-15)24-25(18)10-16(26)23-22-9-12-13(19)4-2-5-14(12)20/h2-7,9H,10H2,1H3,(H,23,26). The predicted octanol–water partition coefficient (Wildman–Crippen LogP) is 4.15. The van der Waals surface area contributed by atoms with Crippen molar-refractivity contribution in [3.63, 3.8) is 0 Å². The van der Waals surface area contributed by atoms with Gasteiger partial charge in [-0.15, -0.1) is 23.1 Å². The van der Waals surface area contributed by atoms with Gasteiger partial charge in [0.05, 0.1) is 16.1 Å². The minimum Gasteiger partial charge on any atom is -0.271 e. The molecule has 0 radical (unpaired) electrons. The van der Waals surface area contributed by atoms with Crippen LogP contribution in [0.5, 0.6) is 0 Å². The van der Waals surface area contributed by atoms with Gasteiger partial charge in [0.25, 0.3) is 5.91 Å². The van der Waals surface area contributed by atoms with Crippen LogP contribution in [0.4, 0.5) is 4.39 Å². The van der Waals surface area contributed by atoms with Crippen LogP contribution in [0.2, 0.25) is 5.02 Å². The first-order chi connectivity index (χ1) is 13.5. The Labute approximate surface area is 173 Å². The predicted molar refractivity (Wildman–Crippen MR) is 109 cm³/mol. The summed E-state index contributed by atoms with van der Waals surface area (Å²) in [6, 6.07) is 10.1. The monoisotopic (exact) mass is 433 g/mol. The van der Waals surface area contributed by atoms with Gasteiger partial charge in [-0.3, -0.25) is 4.79 Å². The van der Waals surface area contributed by atoms with Crippen LogP contribution in [-0.2, 0) is 11.3 Å². The highest BCUT2D eigenvalue weighted by Gasteiger charge is 2.20. The molecule has 3 rings (SSSR count). The Kier molecular flexibility index (Phi) is 6.46. The van der Waals surface area contributed by atoms with Crippen LogP contribution in [0.25, 0.3) is 10.6 Å². The van der Waals surface area contributed by atoms with Gasteiger partial charge >= 0.3 is 0 Å². The molecular formula is C18H13ClFN5OS2. The first kappa shape index (κ1) is 20.1. The molecule has 0 fully saturated rings. The third-order valence-corrected chi connectivity index (χ3v) is 5.65. The Morgan fingerprint density at radius 2 is 2.32 bits per heavy atom. The van der Waals surface area contributed by atoms with E-state index < -0.39 is 11.7 Å². The fourth-order valence-electron chi connectivity index (χ4n) is 2.42. The van der Waals surface area contributed by atoms with Gasteiger partial charge in [0.1, 0.15) is 34.7 Å². The van der Waals surface area contributed by atoms with Crippen molar-refractivity contribution in [1.82, 2.24) is 15.2 Å². The quantitative estimate of drug-likeness (QED) is 0.359. The number of hydrogen-bond donors (Lipinski definition) is 1. The normalized spacial score (nSPS) is 10.9. The van der Waals surface area contributed by atoms with Gasteiger partial charge < -0.3 is 0 Å². The molecule has 6 nitrogen and oxygen atoms in total. The lowest BCUT2D eigenvalue weighted by molar-refractivity contribution is -0.121. The van der Waals surface area contributed by atoms with Gasteiger partial charge in [0.15, 0.2) is 0 Å². The number of thiophene rings is 1. The maximum Gasteiger partial charge on any atom is 0.261 e. The molecule has 0 aliphatic heterocycles. The number of benzene rings is 1. The van der Waals surface area contributed by atoms with Gasteiger partial charge in [0, 0.05) is 5.56 Å². The summed E-state index contributed by atoms with van der Waals surface area (Å²) < 4.78 is 15.2. The lowest BCUT2D eigenvalue weighted by atomic mass is 10.2. The summed E-state index contributed by atoms with van der Waals surface area (Å²) in [5.41, 5.74) is 3.36. The maximum atomic E-state index is 13.7. The zero-order chi connectivity index (χ0) is 20.1. The molecule has 0 saturated heterocycles. The number of carbonyl (C=O) groups is 1. The number of hydrogen-bond acceptors (Lipinski definition) is 6. The van der Waals surface area contributed by atoms with E-state index in [1.54, 1.807) is 0 Å². The lowest BCUT2D eigenvalue weighted by Gasteiger charge is -2.04. The molecule has 2 heterocycles. The van der Waals surface area contributed by atoms with E-state index >= 15 is 0 Å². The molecule has 0 aliphatic carbocycles. The first-order valence-corrected chi connectivity index (χ1v) is 10.4. The van der Waals surface area contributed by atoms with Crippen molar-refractivity contribution in [2.45, 2.75) is 11.6 Å². The van der Waals surface area contributed by atoms with Crippen molar-refractivity contribution >= 4 is 46.8 Å². The topological polar surface area (TPSA) is 83.1 Å². The molecule has 0 atom stereocenters. The van der Waals surface area contributed by atoms with E-state index in [1.807, 2.05) is 23.8 Å². The number of hydrazone groups is 1. The summed E-state index contributed by atoms with van der Waals surface area (Å²) in [4.78, 5) is 13.1. The van der Waals surface area contributed by atoms with E-state index in [0.717, 1.165) is 11.1 Å². The van der Waals surface area contributed by atoms with Crippen LogP contribution in [0.15, 0.2) is 45.8 Å². The molecule has 0 spiro atoms. The van der Waals surface area contributed by atoms with E-state index in [0.29, 0.717) is 16.3 Å². The Bertz CT molecular complexity index is 1050. The second-order valence-electron chi connectivity index (χ2n) is 5.41. The summed E-state index contributed by atoms with van der Waals surface area (Å²) in [5.74, 6) is -1.01.